The van der Waals surface area contributed by atoms with Crippen LogP contribution in [0, 0.1) is 11.8 Å². The molecule has 0 aromatic carbocycles. The van der Waals surface area contributed by atoms with Crippen LogP contribution in [0.4, 0.5) is 0 Å². The summed E-state index contributed by atoms with van der Waals surface area (Å²) in [6.45, 7) is 8.01. The van der Waals surface area contributed by atoms with Gasteiger partial charge in [-0.2, -0.15) is 0 Å². The molecule has 122 valence electrons. The predicted molar refractivity (Wildman–Crippen MR) is 87.6 cm³/mol. The molecule has 0 saturated carbocycles. The van der Waals surface area contributed by atoms with E-state index in [-0.39, 0.29) is 34.9 Å². The molecule has 0 amide bonds. The van der Waals surface area contributed by atoms with Crippen LogP contribution in [0.5, 0.6) is 0 Å². The smallest absolute Gasteiger partial charge is 0.306 e. The number of unbranched alkanes of at least 4 members (excludes halogenated alkanes) is 2. The Balaban J connectivity index is -0.000000295. The van der Waals surface area contributed by atoms with Gasteiger partial charge in [-0.25, -0.2) is 0 Å². The normalized spacial score (nSPS) is 12.4. The Morgan fingerprint density at radius 2 is 1.05 bits per heavy atom. The van der Waals surface area contributed by atoms with Gasteiger partial charge in [-0.05, 0) is 25.7 Å². The maximum Gasteiger partial charge on any atom is 0.306 e. The maximum absolute atomic E-state index is 10.4. The lowest BCUT2D eigenvalue weighted by molar-refractivity contribution is -0.143. The highest BCUT2D eigenvalue weighted by atomic mass is 24.3. The average Bonchev–Trinajstić information content (AvgIpc) is 2.40. The monoisotopic (exact) mass is 312 g/mol. The van der Waals surface area contributed by atoms with Crippen molar-refractivity contribution in [2.24, 2.45) is 11.8 Å². The number of rotatable bonds is 10. The van der Waals surface area contributed by atoms with E-state index in [0.717, 1.165) is 51.4 Å². The van der Waals surface area contributed by atoms with E-state index in [0.29, 0.717) is 0 Å². The topological polar surface area (TPSA) is 74.6 Å². The summed E-state index contributed by atoms with van der Waals surface area (Å²) in [5.41, 5.74) is 0. The van der Waals surface area contributed by atoms with E-state index in [9.17, 15) is 9.59 Å². The molecule has 0 rings (SSSR count). The average molecular weight is 313 g/mol. The van der Waals surface area contributed by atoms with Crippen molar-refractivity contribution in [2.75, 3.05) is 0 Å². The Morgan fingerprint density at radius 1 is 0.762 bits per heavy atom. The first-order chi connectivity index (χ1) is 9.44. The first-order valence-electron chi connectivity index (χ1n) is 7.89. The van der Waals surface area contributed by atoms with E-state index < -0.39 is 11.9 Å². The molecule has 2 unspecified atom stereocenters. The van der Waals surface area contributed by atoms with Crippen LogP contribution in [0.25, 0.3) is 0 Å². The number of carboxylic acids is 2. The van der Waals surface area contributed by atoms with E-state index in [1.54, 1.807) is 0 Å². The Morgan fingerprint density at radius 3 is 1.19 bits per heavy atom. The number of hydrogen-bond donors (Lipinski definition) is 2. The molecule has 0 bridgehead atoms. The van der Waals surface area contributed by atoms with Crippen molar-refractivity contribution < 1.29 is 19.8 Å². The molecule has 0 aromatic rings. The molecule has 0 aromatic heterocycles. The number of carbonyl (C=O) groups is 2. The maximum atomic E-state index is 10.4. The van der Waals surface area contributed by atoms with Crippen molar-refractivity contribution in [3.05, 3.63) is 0 Å². The molecule has 2 radical (unpaired) electrons. The highest BCUT2D eigenvalue weighted by molar-refractivity contribution is 5.75. The minimum atomic E-state index is -0.643. The summed E-state index contributed by atoms with van der Waals surface area (Å²) in [5, 5.41) is 17.2. The zero-order valence-electron chi connectivity index (χ0n) is 14.2. The lowest BCUT2D eigenvalue weighted by Crippen LogP contribution is -2.11. The molecule has 21 heavy (non-hydrogen) atoms. The first-order valence-corrected chi connectivity index (χ1v) is 7.89. The Bertz CT molecular complexity index is 231. The Hall–Kier alpha value is -0.294. The van der Waals surface area contributed by atoms with E-state index in [4.69, 9.17) is 10.2 Å². The summed E-state index contributed by atoms with van der Waals surface area (Å²) in [5.74, 6) is -1.51. The van der Waals surface area contributed by atoms with Crippen LogP contribution in [0.1, 0.15) is 79.1 Å². The molecule has 0 spiro atoms. The van der Waals surface area contributed by atoms with Crippen LogP contribution in [0.2, 0.25) is 0 Å². The van der Waals surface area contributed by atoms with Crippen molar-refractivity contribution in [3.63, 3.8) is 0 Å². The fourth-order valence-corrected chi connectivity index (χ4v) is 1.91. The quantitative estimate of drug-likeness (QED) is 0.593. The van der Waals surface area contributed by atoms with E-state index in [1.165, 1.54) is 0 Å². The molecule has 0 heterocycles. The van der Waals surface area contributed by atoms with Gasteiger partial charge in [-0.1, -0.05) is 53.4 Å². The van der Waals surface area contributed by atoms with Gasteiger partial charge in [0, 0.05) is 23.1 Å². The predicted octanol–water partition coefficient (Wildman–Crippen LogP) is 4.19. The Kier molecular flexibility index (Phi) is 21.7. The molecular weight excluding hydrogens is 280 g/mol. The first kappa shape index (κ1) is 25.6. The van der Waals surface area contributed by atoms with Crippen LogP contribution < -0.4 is 0 Å². The molecule has 4 nitrogen and oxygen atoms in total. The van der Waals surface area contributed by atoms with E-state index >= 15 is 0 Å². The van der Waals surface area contributed by atoms with Gasteiger partial charge in [0.05, 0.1) is 11.8 Å². The minimum absolute atomic E-state index is 0. The third kappa shape index (κ3) is 15.9. The number of carboxylic acid groups (broad SMARTS) is 2. The van der Waals surface area contributed by atoms with Gasteiger partial charge in [-0.15, -0.1) is 0 Å². The van der Waals surface area contributed by atoms with Gasteiger partial charge in [0.15, 0.2) is 0 Å². The molecule has 0 fully saturated rings. The highest BCUT2D eigenvalue weighted by Gasteiger charge is 2.13. The standard InChI is InChI=1S/2C8H16O2.Mg/c2*1-3-5-6-7(4-2)8(9)10;/h2*7H,3-6H2,1-2H3,(H,9,10);. The van der Waals surface area contributed by atoms with Crippen molar-refractivity contribution >= 4 is 35.0 Å². The van der Waals surface area contributed by atoms with Crippen LogP contribution >= 0.6 is 0 Å². The van der Waals surface area contributed by atoms with Gasteiger partial charge in [-0.3, -0.25) is 9.59 Å². The van der Waals surface area contributed by atoms with Gasteiger partial charge in [0.25, 0.3) is 0 Å². The summed E-state index contributed by atoms with van der Waals surface area (Å²) in [7, 11) is 0. The molecule has 0 aliphatic carbocycles. The molecule has 0 saturated heterocycles. The molecule has 2 atom stereocenters. The van der Waals surface area contributed by atoms with E-state index in [2.05, 4.69) is 13.8 Å². The van der Waals surface area contributed by atoms with Crippen molar-refractivity contribution in [1.29, 1.82) is 0 Å². The van der Waals surface area contributed by atoms with Crippen LogP contribution in [-0.4, -0.2) is 45.2 Å². The fraction of sp³-hybridized carbons (Fsp3) is 0.875. The second-order valence-electron chi connectivity index (χ2n) is 5.17. The van der Waals surface area contributed by atoms with E-state index in [1.807, 2.05) is 13.8 Å². The summed E-state index contributed by atoms with van der Waals surface area (Å²) in [6, 6.07) is 0. The van der Waals surface area contributed by atoms with Crippen molar-refractivity contribution in [2.45, 2.75) is 79.1 Å². The lowest BCUT2D eigenvalue weighted by Gasteiger charge is -2.06. The van der Waals surface area contributed by atoms with Crippen LogP contribution in [0.3, 0.4) is 0 Å². The third-order valence-corrected chi connectivity index (χ3v) is 3.50. The van der Waals surface area contributed by atoms with Gasteiger partial charge >= 0.3 is 11.9 Å². The van der Waals surface area contributed by atoms with Crippen LogP contribution in [-0.2, 0) is 9.59 Å². The van der Waals surface area contributed by atoms with Gasteiger partial charge in [0.2, 0.25) is 0 Å². The largest absolute Gasteiger partial charge is 0.481 e. The summed E-state index contributed by atoms with van der Waals surface area (Å²) >= 11 is 0. The zero-order valence-corrected chi connectivity index (χ0v) is 15.6. The number of aliphatic carboxylic acids is 2. The zero-order chi connectivity index (χ0) is 16.0. The molecule has 5 heteroatoms. The third-order valence-electron chi connectivity index (χ3n) is 3.50. The minimum Gasteiger partial charge on any atom is -0.481 e. The summed E-state index contributed by atoms with van der Waals surface area (Å²) < 4.78 is 0. The van der Waals surface area contributed by atoms with Crippen molar-refractivity contribution in [3.8, 4) is 0 Å². The summed E-state index contributed by atoms with van der Waals surface area (Å²) in [6.07, 6.45) is 7.43. The van der Waals surface area contributed by atoms with Crippen molar-refractivity contribution in [1.82, 2.24) is 0 Å². The molecule has 0 aliphatic rings. The second kappa shape index (κ2) is 17.8. The second-order valence-corrected chi connectivity index (χ2v) is 5.17. The lowest BCUT2D eigenvalue weighted by atomic mass is 10.00. The SMILES string of the molecule is CCCCC(CC)C(=O)O.CCCCC(CC)C(=O)O.[Mg]. The summed E-state index contributed by atoms with van der Waals surface area (Å²) in [4.78, 5) is 20.9. The number of hydrogen-bond acceptors (Lipinski definition) is 2. The van der Waals surface area contributed by atoms with Crippen LogP contribution in [0.15, 0.2) is 0 Å². The molecule has 0 aliphatic heterocycles. The van der Waals surface area contributed by atoms with Gasteiger partial charge in [0.1, 0.15) is 0 Å². The molecular formula is C16H32MgO4. The fourth-order valence-electron chi connectivity index (χ4n) is 1.91. The Labute approximate surface area is 145 Å². The van der Waals surface area contributed by atoms with Gasteiger partial charge < -0.3 is 10.2 Å². The molecule has 2 N–H and O–H groups in total. The highest BCUT2D eigenvalue weighted by Crippen LogP contribution is 2.12.